The van der Waals surface area contributed by atoms with Gasteiger partial charge in [0.15, 0.2) is 0 Å². The van der Waals surface area contributed by atoms with E-state index in [-0.39, 0.29) is 12.2 Å². The Labute approximate surface area is 184 Å². The van der Waals surface area contributed by atoms with Gasteiger partial charge in [-0.15, -0.1) is 0 Å². The van der Waals surface area contributed by atoms with Crippen LogP contribution in [0.2, 0.25) is 0 Å². The highest BCUT2D eigenvalue weighted by molar-refractivity contribution is 5.15. The minimum Gasteiger partial charge on any atom is -0.390 e. The number of ether oxygens (including phenoxy) is 3. The number of rotatable bonds is 9. The minimum absolute atomic E-state index is 0.145. The average molecular weight is 419 g/mol. The maximum Gasteiger partial charge on any atom is 0.113 e. The molecule has 4 nitrogen and oxygen atoms in total. The van der Waals surface area contributed by atoms with Crippen molar-refractivity contribution in [2.24, 2.45) is 0 Å². The van der Waals surface area contributed by atoms with Crippen LogP contribution in [0.25, 0.3) is 0 Å². The van der Waals surface area contributed by atoms with Crippen LogP contribution in [0.1, 0.15) is 29.5 Å². The number of aliphatic hydroxyl groups excluding tert-OH is 1. The molecule has 1 aliphatic carbocycles. The third-order valence-electron chi connectivity index (χ3n) is 5.69. The zero-order valence-electron chi connectivity index (χ0n) is 17.7. The molecule has 1 fully saturated rings. The molecule has 0 aliphatic heterocycles. The van der Waals surface area contributed by atoms with E-state index in [1.165, 1.54) is 0 Å². The predicted octanol–water partition coefficient (Wildman–Crippen LogP) is 4.90. The first-order chi connectivity index (χ1) is 15.3. The highest BCUT2D eigenvalue weighted by Gasteiger charge is 2.41. The van der Waals surface area contributed by atoms with Crippen LogP contribution >= 0.6 is 0 Å². The minimum atomic E-state index is -0.582. The molecule has 1 aliphatic rings. The highest BCUT2D eigenvalue weighted by atomic mass is 16.6. The topological polar surface area (TPSA) is 47.9 Å². The lowest BCUT2D eigenvalue weighted by Crippen LogP contribution is -2.52. The van der Waals surface area contributed by atoms with E-state index >= 15 is 0 Å². The molecule has 1 N–H and O–H groups in total. The van der Waals surface area contributed by atoms with Gasteiger partial charge >= 0.3 is 0 Å². The molecule has 1 saturated carbocycles. The van der Waals surface area contributed by atoms with Crippen molar-refractivity contribution in [1.82, 2.24) is 0 Å². The number of hydrogen-bond donors (Lipinski definition) is 1. The maximum atomic E-state index is 10.8. The zero-order chi connectivity index (χ0) is 21.3. The summed E-state index contributed by atoms with van der Waals surface area (Å²) in [6.07, 6.45) is -0.160. The van der Waals surface area contributed by atoms with E-state index in [1.807, 2.05) is 78.9 Å². The summed E-state index contributed by atoms with van der Waals surface area (Å²) in [6, 6.07) is 30.2. The summed E-state index contributed by atoms with van der Waals surface area (Å²) in [4.78, 5) is 0. The monoisotopic (exact) mass is 418 g/mol. The molecule has 0 spiro atoms. The summed E-state index contributed by atoms with van der Waals surface area (Å²) in [6.45, 7) is 1.39. The Morgan fingerprint density at radius 3 is 1.45 bits per heavy atom. The lowest BCUT2D eigenvalue weighted by molar-refractivity contribution is -0.201. The van der Waals surface area contributed by atoms with E-state index in [2.05, 4.69) is 12.1 Å². The largest absolute Gasteiger partial charge is 0.390 e. The van der Waals surface area contributed by atoms with Gasteiger partial charge in [-0.25, -0.2) is 0 Å². The van der Waals surface area contributed by atoms with E-state index in [4.69, 9.17) is 14.2 Å². The zero-order valence-corrected chi connectivity index (χ0v) is 17.7. The molecule has 0 radical (unpaired) electrons. The van der Waals surface area contributed by atoms with Gasteiger partial charge in [-0.05, 0) is 29.5 Å². The molecule has 4 atom stereocenters. The fraction of sp³-hybridized carbons (Fsp3) is 0.333. The van der Waals surface area contributed by atoms with Gasteiger partial charge in [0, 0.05) is 0 Å². The van der Waals surface area contributed by atoms with Gasteiger partial charge < -0.3 is 19.3 Å². The number of benzene rings is 3. The highest BCUT2D eigenvalue weighted by Crippen LogP contribution is 2.29. The molecule has 3 aromatic rings. The van der Waals surface area contributed by atoms with E-state index in [1.54, 1.807) is 0 Å². The van der Waals surface area contributed by atoms with Crippen LogP contribution in [0.15, 0.2) is 91.0 Å². The molecule has 0 amide bonds. The Morgan fingerprint density at radius 2 is 0.968 bits per heavy atom. The molecule has 0 aromatic heterocycles. The van der Waals surface area contributed by atoms with Crippen molar-refractivity contribution < 1.29 is 19.3 Å². The Hall–Kier alpha value is -2.50. The van der Waals surface area contributed by atoms with Gasteiger partial charge in [-0.1, -0.05) is 91.0 Å². The molecule has 31 heavy (non-hydrogen) atoms. The molecule has 0 saturated heterocycles. The molecule has 4 rings (SSSR count). The van der Waals surface area contributed by atoms with Crippen LogP contribution in [0, 0.1) is 0 Å². The molecule has 0 heterocycles. The standard InChI is InChI=1S/C27H30O4/c28-24-16-17-25(29-18-21-10-4-1-5-11-21)27(31-20-23-14-8-3-9-15-23)26(24)30-19-22-12-6-2-7-13-22/h1-15,24-28H,16-20H2. The van der Waals surface area contributed by atoms with Crippen molar-refractivity contribution in [3.8, 4) is 0 Å². The van der Waals surface area contributed by atoms with Crippen LogP contribution in [0.5, 0.6) is 0 Å². The van der Waals surface area contributed by atoms with E-state index in [0.29, 0.717) is 26.2 Å². The molecule has 4 heteroatoms. The second-order valence-corrected chi connectivity index (χ2v) is 8.00. The quantitative estimate of drug-likeness (QED) is 0.537. The lowest BCUT2D eigenvalue weighted by atomic mass is 9.89. The first-order valence-electron chi connectivity index (χ1n) is 10.9. The van der Waals surface area contributed by atoms with E-state index in [9.17, 15) is 5.11 Å². The summed E-state index contributed by atoms with van der Waals surface area (Å²) in [5.74, 6) is 0. The van der Waals surface area contributed by atoms with Gasteiger partial charge in [-0.3, -0.25) is 0 Å². The molecule has 0 bridgehead atoms. The Morgan fingerprint density at radius 1 is 0.548 bits per heavy atom. The molecule has 3 aromatic carbocycles. The Kier molecular flexibility index (Phi) is 7.86. The van der Waals surface area contributed by atoms with Crippen LogP contribution in [-0.2, 0) is 34.0 Å². The first kappa shape index (κ1) is 21.7. The second-order valence-electron chi connectivity index (χ2n) is 8.00. The third kappa shape index (κ3) is 6.25. The number of aliphatic hydroxyl groups is 1. The Balaban J connectivity index is 1.46. The summed E-state index contributed by atoms with van der Waals surface area (Å²) in [7, 11) is 0. The van der Waals surface area contributed by atoms with Crippen molar-refractivity contribution in [2.45, 2.75) is 57.1 Å². The average Bonchev–Trinajstić information content (AvgIpc) is 2.83. The van der Waals surface area contributed by atoms with Crippen molar-refractivity contribution in [2.75, 3.05) is 0 Å². The van der Waals surface area contributed by atoms with Crippen molar-refractivity contribution in [3.63, 3.8) is 0 Å². The fourth-order valence-corrected chi connectivity index (χ4v) is 3.99. The van der Waals surface area contributed by atoms with Crippen molar-refractivity contribution in [3.05, 3.63) is 108 Å². The van der Waals surface area contributed by atoms with Crippen LogP contribution in [-0.4, -0.2) is 29.5 Å². The van der Waals surface area contributed by atoms with E-state index in [0.717, 1.165) is 23.1 Å². The summed E-state index contributed by atoms with van der Waals surface area (Å²) < 4.78 is 18.8. The summed E-state index contributed by atoms with van der Waals surface area (Å²) in [5.41, 5.74) is 3.28. The molecule has 4 unspecified atom stereocenters. The van der Waals surface area contributed by atoms with Crippen molar-refractivity contribution in [1.29, 1.82) is 0 Å². The predicted molar refractivity (Wildman–Crippen MR) is 120 cm³/mol. The normalized spacial score (nSPS) is 23.5. The summed E-state index contributed by atoms with van der Waals surface area (Å²) >= 11 is 0. The van der Waals surface area contributed by atoms with Gasteiger partial charge in [0.2, 0.25) is 0 Å². The third-order valence-corrected chi connectivity index (χ3v) is 5.69. The molecular formula is C27H30O4. The van der Waals surface area contributed by atoms with Crippen molar-refractivity contribution >= 4 is 0 Å². The molecule has 162 valence electrons. The van der Waals surface area contributed by atoms with Gasteiger partial charge in [0.25, 0.3) is 0 Å². The van der Waals surface area contributed by atoms with Gasteiger partial charge in [0.1, 0.15) is 12.2 Å². The Bertz CT molecular complexity index is 885. The maximum absolute atomic E-state index is 10.8. The SMILES string of the molecule is OC1CCC(OCc2ccccc2)C(OCc2ccccc2)C1OCc1ccccc1. The van der Waals surface area contributed by atoms with Crippen LogP contribution in [0.4, 0.5) is 0 Å². The van der Waals surface area contributed by atoms with Gasteiger partial charge in [-0.2, -0.15) is 0 Å². The van der Waals surface area contributed by atoms with Gasteiger partial charge in [0.05, 0.1) is 32.0 Å². The number of hydrogen-bond acceptors (Lipinski definition) is 4. The fourth-order valence-electron chi connectivity index (χ4n) is 3.99. The first-order valence-corrected chi connectivity index (χ1v) is 10.9. The van der Waals surface area contributed by atoms with Crippen LogP contribution in [0.3, 0.4) is 0 Å². The van der Waals surface area contributed by atoms with E-state index < -0.39 is 12.2 Å². The molecular weight excluding hydrogens is 388 g/mol. The second kappa shape index (κ2) is 11.2. The van der Waals surface area contributed by atoms with Crippen LogP contribution < -0.4 is 0 Å². The summed E-state index contributed by atoms with van der Waals surface area (Å²) in [5, 5.41) is 10.8. The lowest BCUT2D eigenvalue weighted by Gasteiger charge is -2.40. The smallest absolute Gasteiger partial charge is 0.113 e.